The van der Waals surface area contributed by atoms with Crippen molar-refractivity contribution in [3.8, 4) is 11.3 Å². The van der Waals surface area contributed by atoms with Crippen molar-refractivity contribution in [3.05, 3.63) is 69.9 Å². The van der Waals surface area contributed by atoms with Crippen LogP contribution in [0.1, 0.15) is 11.1 Å². The molecule has 23 heavy (non-hydrogen) atoms. The summed E-state index contributed by atoms with van der Waals surface area (Å²) in [7, 11) is 0. The smallest absolute Gasteiger partial charge is 0.196 e. The zero-order chi connectivity index (χ0) is 16.2. The van der Waals surface area contributed by atoms with Crippen molar-refractivity contribution in [1.29, 1.82) is 0 Å². The number of fused-ring (bicyclic) bond motifs is 1. The molecule has 118 valence electrons. The zero-order valence-corrected chi connectivity index (χ0v) is 12.7. The lowest BCUT2D eigenvalue weighted by Gasteiger charge is -2.11. The van der Waals surface area contributed by atoms with E-state index in [4.69, 9.17) is 4.42 Å². The Balaban J connectivity index is 2.34. The van der Waals surface area contributed by atoms with E-state index in [1.165, 1.54) is 0 Å². The molecule has 0 radical (unpaired) electrons. The van der Waals surface area contributed by atoms with Gasteiger partial charge in [-0.3, -0.25) is 4.79 Å². The van der Waals surface area contributed by atoms with E-state index < -0.39 is 0 Å². The van der Waals surface area contributed by atoms with E-state index in [1.54, 1.807) is 6.07 Å². The predicted molar refractivity (Wildman–Crippen MR) is 89.5 cm³/mol. The van der Waals surface area contributed by atoms with Crippen molar-refractivity contribution in [3.63, 3.8) is 0 Å². The van der Waals surface area contributed by atoms with E-state index in [9.17, 15) is 15.0 Å². The van der Waals surface area contributed by atoms with E-state index in [0.717, 1.165) is 11.1 Å². The van der Waals surface area contributed by atoms with Crippen molar-refractivity contribution in [2.75, 3.05) is 13.2 Å². The number of hydrogen-bond acceptors (Lipinski definition) is 4. The summed E-state index contributed by atoms with van der Waals surface area (Å²) in [6, 6.07) is 14.8. The lowest BCUT2D eigenvalue weighted by atomic mass is 9.99. The summed E-state index contributed by atoms with van der Waals surface area (Å²) in [5, 5.41) is 19.0. The van der Waals surface area contributed by atoms with Crippen LogP contribution in [0.4, 0.5) is 0 Å². The molecule has 0 atom stereocenters. The molecule has 4 nitrogen and oxygen atoms in total. The van der Waals surface area contributed by atoms with Gasteiger partial charge in [-0.1, -0.05) is 42.5 Å². The number of rotatable bonds is 5. The first-order valence-corrected chi connectivity index (χ1v) is 7.61. The molecule has 1 aromatic heterocycles. The van der Waals surface area contributed by atoms with Crippen molar-refractivity contribution in [2.45, 2.75) is 12.8 Å². The van der Waals surface area contributed by atoms with Gasteiger partial charge in [-0.15, -0.1) is 0 Å². The average molecular weight is 310 g/mol. The van der Waals surface area contributed by atoms with Crippen LogP contribution in [-0.4, -0.2) is 23.4 Å². The molecule has 3 aromatic rings. The number of aliphatic hydroxyl groups excluding tert-OH is 2. The summed E-state index contributed by atoms with van der Waals surface area (Å²) < 4.78 is 6.01. The van der Waals surface area contributed by atoms with E-state index >= 15 is 0 Å². The van der Waals surface area contributed by atoms with Gasteiger partial charge in [0.15, 0.2) is 5.43 Å². The molecule has 0 aliphatic heterocycles. The summed E-state index contributed by atoms with van der Waals surface area (Å²) >= 11 is 0. The van der Waals surface area contributed by atoms with Gasteiger partial charge in [0.1, 0.15) is 11.3 Å². The molecule has 4 heteroatoms. The van der Waals surface area contributed by atoms with Crippen LogP contribution in [0.5, 0.6) is 0 Å². The van der Waals surface area contributed by atoms with Gasteiger partial charge in [0.05, 0.1) is 5.39 Å². The Morgan fingerprint density at radius 3 is 2.30 bits per heavy atom. The topological polar surface area (TPSA) is 70.7 Å². The molecular weight excluding hydrogens is 292 g/mol. The van der Waals surface area contributed by atoms with Crippen LogP contribution in [0.3, 0.4) is 0 Å². The molecule has 0 unspecified atom stereocenters. The molecule has 2 N–H and O–H groups in total. The molecular formula is C19H18O4. The minimum absolute atomic E-state index is 0.0334. The van der Waals surface area contributed by atoms with E-state index in [2.05, 4.69) is 0 Å². The van der Waals surface area contributed by atoms with Gasteiger partial charge in [-0.25, -0.2) is 0 Å². The summed E-state index contributed by atoms with van der Waals surface area (Å²) in [6.07, 6.45) is 0.626. The third-order valence-corrected chi connectivity index (χ3v) is 3.88. The molecule has 0 aliphatic carbocycles. The third kappa shape index (κ3) is 2.91. The number of aliphatic hydroxyl groups is 2. The Hall–Kier alpha value is -2.43. The van der Waals surface area contributed by atoms with Gasteiger partial charge in [-0.05, 0) is 18.1 Å². The van der Waals surface area contributed by atoms with Gasteiger partial charge >= 0.3 is 0 Å². The zero-order valence-electron chi connectivity index (χ0n) is 12.7. The lowest BCUT2D eigenvalue weighted by molar-refractivity contribution is 0.298. The Kier molecular flexibility index (Phi) is 4.55. The first-order valence-electron chi connectivity index (χ1n) is 7.61. The van der Waals surface area contributed by atoms with Crippen molar-refractivity contribution >= 4 is 11.0 Å². The van der Waals surface area contributed by atoms with E-state index in [-0.39, 0.29) is 25.1 Å². The summed E-state index contributed by atoms with van der Waals surface area (Å²) in [6.45, 7) is -0.160. The summed E-state index contributed by atoms with van der Waals surface area (Å²) in [5.41, 5.74) is 2.40. The highest BCUT2D eigenvalue weighted by Crippen LogP contribution is 2.27. The maximum atomic E-state index is 13.0. The van der Waals surface area contributed by atoms with Crippen LogP contribution < -0.4 is 5.43 Å². The van der Waals surface area contributed by atoms with Crippen molar-refractivity contribution in [1.82, 2.24) is 0 Å². The van der Waals surface area contributed by atoms with Crippen LogP contribution in [-0.2, 0) is 12.8 Å². The highest BCUT2D eigenvalue weighted by Gasteiger charge is 2.17. The number of benzene rings is 2. The molecule has 0 fully saturated rings. The maximum absolute atomic E-state index is 13.0. The van der Waals surface area contributed by atoms with Crippen LogP contribution >= 0.6 is 0 Å². The minimum Gasteiger partial charge on any atom is -0.456 e. The van der Waals surface area contributed by atoms with Gasteiger partial charge < -0.3 is 14.6 Å². The highest BCUT2D eigenvalue weighted by molar-refractivity contribution is 5.83. The fourth-order valence-electron chi connectivity index (χ4n) is 2.84. The average Bonchev–Trinajstić information content (AvgIpc) is 2.58. The second kappa shape index (κ2) is 6.77. The van der Waals surface area contributed by atoms with E-state index in [0.29, 0.717) is 28.7 Å². The summed E-state index contributed by atoms with van der Waals surface area (Å²) in [5.74, 6) is 0.498. The molecule has 0 bridgehead atoms. The minimum atomic E-state index is -0.136. The molecule has 0 spiro atoms. The van der Waals surface area contributed by atoms with E-state index in [1.807, 2.05) is 42.5 Å². The largest absolute Gasteiger partial charge is 0.456 e. The first-order chi connectivity index (χ1) is 11.3. The molecule has 3 rings (SSSR count). The maximum Gasteiger partial charge on any atom is 0.196 e. The second-order valence-electron chi connectivity index (χ2n) is 5.34. The van der Waals surface area contributed by atoms with Crippen LogP contribution in [0, 0.1) is 0 Å². The summed E-state index contributed by atoms with van der Waals surface area (Å²) in [4.78, 5) is 13.0. The first kappa shape index (κ1) is 15.5. The monoisotopic (exact) mass is 310 g/mol. The normalized spacial score (nSPS) is 11.0. The molecule has 0 saturated carbocycles. The fourth-order valence-corrected chi connectivity index (χ4v) is 2.84. The van der Waals surface area contributed by atoms with Gasteiger partial charge in [0.2, 0.25) is 0 Å². The quantitative estimate of drug-likeness (QED) is 0.760. The third-order valence-electron chi connectivity index (χ3n) is 3.88. The fraction of sp³-hybridized carbons (Fsp3) is 0.211. The van der Waals surface area contributed by atoms with Gasteiger partial charge in [0, 0.05) is 30.8 Å². The van der Waals surface area contributed by atoms with Crippen LogP contribution in [0.2, 0.25) is 0 Å². The Morgan fingerprint density at radius 1 is 0.870 bits per heavy atom. The van der Waals surface area contributed by atoms with Crippen molar-refractivity contribution < 1.29 is 14.6 Å². The number of hydrogen-bond donors (Lipinski definition) is 2. The second-order valence-corrected chi connectivity index (χ2v) is 5.34. The van der Waals surface area contributed by atoms with Crippen molar-refractivity contribution in [2.24, 2.45) is 0 Å². The molecule has 0 saturated heterocycles. The van der Waals surface area contributed by atoms with Gasteiger partial charge in [-0.2, -0.15) is 0 Å². The predicted octanol–water partition coefficient (Wildman–Crippen LogP) is 2.53. The highest BCUT2D eigenvalue weighted by atomic mass is 16.3. The molecule has 1 heterocycles. The van der Waals surface area contributed by atoms with Gasteiger partial charge in [0.25, 0.3) is 0 Å². The molecule has 0 amide bonds. The molecule has 2 aromatic carbocycles. The molecule has 0 aliphatic rings. The Bertz CT molecular complexity index is 866. The standard InChI is InChI=1S/C19H18O4/c20-11-9-13-7-4-8-16-17(13)18(22)15(10-12-21)19(23-16)14-5-2-1-3-6-14/h1-8,20-21H,9-12H2. The van der Waals surface area contributed by atoms with Crippen LogP contribution in [0.25, 0.3) is 22.3 Å². The Labute approximate surface area is 133 Å². The lowest BCUT2D eigenvalue weighted by Crippen LogP contribution is -2.14. The SMILES string of the molecule is O=c1c(CCO)c(-c2ccccc2)oc2cccc(CCO)c12. The Morgan fingerprint density at radius 2 is 1.61 bits per heavy atom. The van der Waals surface area contributed by atoms with Crippen LogP contribution in [0.15, 0.2) is 57.7 Å².